The van der Waals surface area contributed by atoms with Gasteiger partial charge in [0.2, 0.25) is 0 Å². The fourth-order valence-electron chi connectivity index (χ4n) is 1.93. The molecule has 1 aliphatic rings. The normalized spacial score (nSPS) is 16.8. The van der Waals surface area contributed by atoms with Crippen molar-refractivity contribution in [3.8, 4) is 0 Å². The van der Waals surface area contributed by atoms with Gasteiger partial charge in [-0.2, -0.15) is 5.10 Å². The maximum atomic E-state index is 12.1. The summed E-state index contributed by atoms with van der Waals surface area (Å²) in [6, 6.07) is 5.57. The van der Waals surface area contributed by atoms with E-state index in [1.807, 2.05) is 18.2 Å². The molecule has 0 saturated heterocycles. The third-order valence-electron chi connectivity index (χ3n) is 3.28. The number of nitrogens with one attached hydrogen (secondary N) is 2. The van der Waals surface area contributed by atoms with Crippen molar-refractivity contribution in [3.05, 3.63) is 28.4 Å². The van der Waals surface area contributed by atoms with Gasteiger partial charge in [-0.1, -0.05) is 15.9 Å². The number of rotatable bonds is 3. The summed E-state index contributed by atoms with van der Waals surface area (Å²) in [5, 5.41) is 19.7. The van der Waals surface area contributed by atoms with E-state index in [0.717, 1.165) is 28.2 Å². The van der Waals surface area contributed by atoms with E-state index in [0.29, 0.717) is 5.69 Å². The van der Waals surface area contributed by atoms with Crippen LogP contribution in [0.3, 0.4) is 0 Å². The summed E-state index contributed by atoms with van der Waals surface area (Å²) in [7, 11) is 0. The van der Waals surface area contributed by atoms with Crippen molar-refractivity contribution in [2.45, 2.75) is 18.4 Å². The average Bonchev–Trinajstić information content (AvgIpc) is 3.00. The van der Waals surface area contributed by atoms with Crippen LogP contribution in [0.5, 0.6) is 0 Å². The van der Waals surface area contributed by atoms with Crippen LogP contribution in [0, 0.1) is 0 Å². The Morgan fingerprint density at radius 2 is 2.33 bits per heavy atom. The molecule has 1 aliphatic carbocycles. The molecule has 6 heteroatoms. The molecule has 1 heterocycles. The van der Waals surface area contributed by atoms with Gasteiger partial charge >= 0.3 is 0 Å². The van der Waals surface area contributed by atoms with Crippen LogP contribution in [0.25, 0.3) is 10.9 Å². The van der Waals surface area contributed by atoms with E-state index >= 15 is 0 Å². The molecule has 1 saturated carbocycles. The highest BCUT2D eigenvalue weighted by molar-refractivity contribution is 9.10. The highest BCUT2D eigenvalue weighted by Gasteiger charge is 2.43. The maximum Gasteiger partial charge on any atom is 0.270 e. The highest BCUT2D eigenvalue weighted by atomic mass is 79.9. The molecule has 3 rings (SSSR count). The topological polar surface area (TPSA) is 78.0 Å². The minimum Gasteiger partial charge on any atom is -0.394 e. The molecule has 0 atom stereocenters. The van der Waals surface area contributed by atoms with Gasteiger partial charge in [0.05, 0.1) is 17.7 Å². The molecule has 3 N–H and O–H groups in total. The van der Waals surface area contributed by atoms with Gasteiger partial charge in [-0.25, -0.2) is 0 Å². The van der Waals surface area contributed by atoms with Crippen molar-refractivity contribution in [3.63, 3.8) is 0 Å². The molecule has 94 valence electrons. The first kappa shape index (κ1) is 11.7. The van der Waals surface area contributed by atoms with Crippen molar-refractivity contribution in [1.82, 2.24) is 15.5 Å². The lowest BCUT2D eigenvalue weighted by atomic mass is 10.2. The first-order valence-electron chi connectivity index (χ1n) is 5.71. The van der Waals surface area contributed by atoms with Crippen LogP contribution in [0.4, 0.5) is 0 Å². The van der Waals surface area contributed by atoms with E-state index in [9.17, 15) is 9.90 Å². The number of hydrogen-bond acceptors (Lipinski definition) is 3. The molecule has 18 heavy (non-hydrogen) atoms. The summed E-state index contributed by atoms with van der Waals surface area (Å²) in [6.07, 6.45) is 1.65. The lowest BCUT2D eigenvalue weighted by Crippen LogP contribution is -2.39. The predicted octanol–water partition coefficient (Wildman–Crippen LogP) is 1.58. The molecular weight excluding hydrogens is 298 g/mol. The Morgan fingerprint density at radius 3 is 3.00 bits per heavy atom. The number of carbonyl (C=O) groups excluding carboxylic acids is 1. The molecule has 5 nitrogen and oxygen atoms in total. The number of aromatic amines is 1. The zero-order chi connectivity index (χ0) is 12.8. The van der Waals surface area contributed by atoms with Crippen molar-refractivity contribution in [2.24, 2.45) is 0 Å². The fraction of sp³-hybridized carbons (Fsp3) is 0.333. The number of aliphatic hydroxyl groups is 1. The van der Waals surface area contributed by atoms with Gasteiger partial charge in [-0.3, -0.25) is 9.89 Å². The second kappa shape index (κ2) is 4.07. The number of nitrogens with zero attached hydrogens (tertiary/aromatic N) is 1. The fourth-order valence-corrected chi connectivity index (χ4v) is 2.29. The zero-order valence-corrected chi connectivity index (χ0v) is 11.1. The van der Waals surface area contributed by atoms with E-state index in [1.165, 1.54) is 0 Å². The van der Waals surface area contributed by atoms with E-state index < -0.39 is 5.54 Å². The lowest BCUT2D eigenvalue weighted by molar-refractivity contribution is 0.0903. The van der Waals surface area contributed by atoms with Crippen LogP contribution in [-0.2, 0) is 0 Å². The number of H-pyrrole nitrogens is 1. The van der Waals surface area contributed by atoms with E-state index in [1.54, 1.807) is 0 Å². The number of benzene rings is 1. The van der Waals surface area contributed by atoms with Gasteiger partial charge in [-0.05, 0) is 31.0 Å². The standard InChI is InChI=1S/C12H12BrN3O2/c13-7-1-2-9-8(5-7)10(16-15-9)11(18)14-12(6-17)3-4-12/h1-2,5,17H,3-4,6H2,(H,14,18)(H,15,16). The van der Waals surface area contributed by atoms with Gasteiger partial charge in [-0.15, -0.1) is 0 Å². The molecule has 0 radical (unpaired) electrons. The van der Waals surface area contributed by atoms with Gasteiger partial charge in [0, 0.05) is 9.86 Å². The SMILES string of the molecule is O=C(NC1(CO)CC1)c1[nH]nc2ccc(Br)cc12. The van der Waals surface area contributed by atoms with Crippen LogP contribution in [0.2, 0.25) is 0 Å². The summed E-state index contributed by atoms with van der Waals surface area (Å²) < 4.78 is 0.897. The molecule has 2 aromatic rings. The van der Waals surface area contributed by atoms with E-state index in [-0.39, 0.29) is 12.5 Å². The van der Waals surface area contributed by atoms with Crippen LogP contribution < -0.4 is 5.32 Å². The van der Waals surface area contributed by atoms with Gasteiger partial charge in [0.1, 0.15) is 5.69 Å². The molecule has 0 unspecified atom stereocenters. The first-order chi connectivity index (χ1) is 8.63. The largest absolute Gasteiger partial charge is 0.394 e. The molecule has 0 aliphatic heterocycles. The summed E-state index contributed by atoms with van der Waals surface area (Å²) >= 11 is 3.37. The van der Waals surface area contributed by atoms with Crippen molar-refractivity contribution >= 4 is 32.7 Å². The summed E-state index contributed by atoms with van der Waals surface area (Å²) in [4.78, 5) is 12.1. The summed E-state index contributed by atoms with van der Waals surface area (Å²) in [5.41, 5.74) is 0.767. The third kappa shape index (κ3) is 1.91. The number of fused-ring (bicyclic) bond motifs is 1. The first-order valence-corrected chi connectivity index (χ1v) is 6.50. The van der Waals surface area contributed by atoms with Crippen LogP contribution in [0.1, 0.15) is 23.3 Å². The van der Waals surface area contributed by atoms with Crippen LogP contribution in [-0.4, -0.2) is 33.4 Å². The van der Waals surface area contributed by atoms with Crippen molar-refractivity contribution in [1.29, 1.82) is 0 Å². The zero-order valence-electron chi connectivity index (χ0n) is 9.53. The Morgan fingerprint density at radius 1 is 1.56 bits per heavy atom. The second-order valence-electron chi connectivity index (χ2n) is 4.65. The number of halogens is 1. The second-order valence-corrected chi connectivity index (χ2v) is 5.57. The van der Waals surface area contributed by atoms with Gasteiger partial charge < -0.3 is 10.4 Å². The Bertz CT molecular complexity index is 619. The third-order valence-corrected chi connectivity index (χ3v) is 3.77. The van der Waals surface area contributed by atoms with Crippen LogP contribution >= 0.6 is 15.9 Å². The quantitative estimate of drug-likeness (QED) is 0.805. The Hall–Kier alpha value is -1.40. The number of carbonyl (C=O) groups is 1. The summed E-state index contributed by atoms with van der Waals surface area (Å²) in [5.74, 6) is -0.220. The smallest absolute Gasteiger partial charge is 0.270 e. The highest BCUT2D eigenvalue weighted by Crippen LogP contribution is 2.35. The molecule has 0 spiro atoms. The minimum absolute atomic E-state index is 0.0193. The predicted molar refractivity (Wildman–Crippen MR) is 70.3 cm³/mol. The van der Waals surface area contributed by atoms with Gasteiger partial charge in [0.25, 0.3) is 5.91 Å². The monoisotopic (exact) mass is 309 g/mol. The molecule has 1 amide bonds. The molecule has 0 bridgehead atoms. The maximum absolute atomic E-state index is 12.1. The molecule has 1 aromatic carbocycles. The number of aliphatic hydroxyl groups excluding tert-OH is 1. The summed E-state index contributed by atoms with van der Waals surface area (Å²) in [6.45, 7) is -0.0193. The number of amides is 1. The van der Waals surface area contributed by atoms with E-state index in [2.05, 4.69) is 31.4 Å². The van der Waals surface area contributed by atoms with Gasteiger partial charge in [0.15, 0.2) is 0 Å². The molecule has 1 aromatic heterocycles. The Kier molecular flexibility index (Phi) is 2.64. The lowest BCUT2D eigenvalue weighted by Gasteiger charge is -2.13. The van der Waals surface area contributed by atoms with Crippen molar-refractivity contribution < 1.29 is 9.90 Å². The number of aromatic nitrogens is 2. The van der Waals surface area contributed by atoms with E-state index in [4.69, 9.17) is 0 Å². The molecule has 1 fully saturated rings. The Balaban J connectivity index is 1.94. The average molecular weight is 310 g/mol. The number of hydrogen-bond donors (Lipinski definition) is 3. The van der Waals surface area contributed by atoms with Crippen molar-refractivity contribution in [2.75, 3.05) is 6.61 Å². The Labute approximate surface area is 112 Å². The van der Waals surface area contributed by atoms with Crippen LogP contribution in [0.15, 0.2) is 22.7 Å². The molecular formula is C12H12BrN3O2. The minimum atomic E-state index is -0.416.